The summed E-state index contributed by atoms with van der Waals surface area (Å²) in [5, 5.41) is 0. The van der Waals surface area contributed by atoms with E-state index in [2.05, 4.69) is 0 Å². The Morgan fingerprint density at radius 1 is 0.972 bits per heavy atom. The Morgan fingerprint density at radius 2 is 1.61 bits per heavy atom. The smallest absolute Gasteiger partial charge is 0.317 e. The van der Waals surface area contributed by atoms with E-state index in [4.69, 9.17) is 28.4 Å². The number of rotatable bonds is 4. The molecule has 36 heavy (non-hydrogen) atoms. The number of methoxy groups -OCH3 is 3. The van der Waals surface area contributed by atoms with Gasteiger partial charge < -0.3 is 33.3 Å². The lowest BCUT2D eigenvalue weighted by Crippen LogP contribution is -2.53. The van der Waals surface area contributed by atoms with Gasteiger partial charge in [0.05, 0.1) is 34.0 Å². The molecule has 1 saturated heterocycles. The third kappa shape index (κ3) is 2.76. The highest BCUT2D eigenvalue weighted by molar-refractivity contribution is 5.88. The van der Waals surface area contributed by atoms with Crippen molar-refractivity contribution < 1.29 is 38.0 Å². The monoisotopic (exact) mass is 493 g/mol. The number of cyclic esters (lactones) is 1. The van der Waals surface area contributed by atoms with Crippen molar-refractivity contribution in [2.45, 2.75) is 25.8 Å². The van der Waals surface area contributed by atoms with Gasteiger partial charge in [-0.15, -0.1) is 0 Å². The molecule has 0 N–H and O–H groups in total. The van der Waals surface area contributed by atoms with Crippen LogP contribution in [0.15, 0.2) is 36.0 Å². The predicted molar refractivity (Wildman–Crippen MR) is 126 cm³/mol. The molecule has 6 rings (SSSR count). The largest absolute Gasteiger partial charge is 0.493 e. The van der Waals surface area contributed by atoms with Crippen molar-refractivity contribution >= 4 is 11.9 Å². The summed E-state index contributed by atoms with van der Waals surface area (Å²) in [6, 6.07) is 7.22. The van der Waals surface area contributed by atoms with Gasteiger partial charge in [-0.05, 0) is 54.0 Å². The van der Waals surface area contributed by atoms with Crippen molar-refractivity contribution in [3.8, 4) is 28.7 Å². The number of amides is 1. The Kier molecular flexibility index (Phi) is 4.90. The first-order valence-corrected chi connectivity index (χ1v) is 11.8. The highest BCUT2D eigenvalue weighted by Gasteiger charge is 2.66. The number of allylic oxidation sites excluding steroid dienone is 1. The van der Waals surface area contributed by atoms with Gasteiger partial charge in [0, 0.05) is 24.5 Å². The van der Waals surface area contributed by atoms with Crippen LogP contribution in [0.1, 0.15) is 42.5 Å². The Bertz CT molecular complexity index is 1310. The number of benzene rings is 2. The standard InChI is InChI=1S/C27H27NO8/c1-13-10-27-18(11-34-26(27)30)24(28(13)14(2)29)17-9-20-19(35-12-36-20)8-16(17)23(27)15-6-21(31-3)25(33-5)22(7-15)32-4/h6-10,18,23-24H,11-12H2,1-5H3/t18-,23-,24+,27+/m1/s1. The second-order valence-electron chi connectivity index (χ2n) is 9.48. The summed E-state index contributed by atoms with van der Waals surface area (Å²) < 4.78 is 34.0. The van der Waals surface area contributed by atoms with Crippen molar-refractivity contribution in [2.75, 3.05) is 34.7 Å². The Hall–Kier alpha value is -3.88. The van der Waals surface area contributed by atoms with Crippen LogP contribution >= 0.6 is 0 Å². The number of fused-ring (bicyclic) bond motifs is 3. The summed E-state index contributed by atoms with van der Waals surface area (Å²) in [6.07, 6.45) is 1.91. The van der Waals surface area contributed by atoms with Gasteiger partial charge in [0.1, 0.15) is 5.41 Å². The first kappa shape index (κ1) is 22.6. The minimum atomic E-state index is -1.04. The molecule has 3 aliphatic heterocycles. The molecule has 188 valence electrons. The van der Waals surface area contributed by atoms with E-state index >= 15 is 0 Å². The van der Waals surface area contributed by atoms with Crippen molar-refractivity contribution in [3.05, 3.63) is 52.7 Å². The SMILES string of the molecule is COc1cc([C@@H]2c3cc4c(cc3[C@H]3[C@H]5COC(=O)[C@]25C=C(C)N3C(C)=O)OCO4)cc(OC)c1OC. The summed E-state index contributed by atoms with van der Waals surface area (Å²) in [7, 11) is 4.67. The van der Waals surface area contributed by atoms with Gasteiger partial charge in [0.25, 0.3) is 0 Å². The molecule has 0 saturated carbocycles. The van der Waals surface area contributed by atoms with Gasteiger partial charge in [-0.3, -0.25) is 9.59 Å². The molecule has 3 heterocycles. The fourth-order valence-corrected chi connectivity index (χ4v) is 6.59. The van der Waals surface area contributed by atoms with Crippen LogP contribution in [0.3, 0.4) is 0 Å². The number of esters is 1. The molecule has 1 aliphatic carbocycles. The molecule has 1 fully saturated rings. The van der Waals surface area contributed by atoms with Crippen LogP contribution in [0.5, 0.6) is 28.7 Å². The molecule has 9 nitrogen and oxygen atoms in total. The number of nitrogens with zero attached hydrogens (tertiary/aromatic N) is 1. The van der Waals surface area contributed by atoms with Crippen molar-refractivity contribution in [2.24, 2.45) is 11.3 Å². The molecule has 2 aromatic carbocycles. The van der Waals surface area contributed by atoms with Gasteiger partial charge >= 0.3 is 5.97 Å². The van der Waals surface area contributed by atoms with Gasteiger partial charge in [-0.25, -0.2) is 0 Å². The molecular formula is C27H27NO8. The molecule has 0 aromatic heterocycles. The van der Waals surface area contributed by atoms with Crippen LogP contribution in [0.4, 0.5) is 0 Å². The van der Waals surface area contributed by atoms with Crippen molar-refractivity contribution in [3.63, 3.8) is 0 Å². The summed E-state index contributed by atoms with van der Waals surface area (Å²) in [5.74, 6) is 1.47. The molecule has 0 radical (unpaired) electrons. The number of carbonyl (C=O) groups excluding carboxylic acids is 2. The van der Waals surface area contributed by atoms with E-state index in [-0.39, 0.29) is 37.2 Å². The van der Waals surface area contributed by atoms with Gasteiger partial charge in [0.2, 0.25) is 18.4 Å². The molecule has 9 heteroatoms. The van der Waals surface area contributed by atoms with Crippen LogP contribution in [0.2, 0.25) is 0 Å². The van der Waals surface area contributed by atoms with Crippen molar-refractivity contribution in [1.29, 1.82) is 0 Å². The van der Waals surface area contributed by atoms with Gasteiger partial charge in [-0.2, -0.15) is 0 Å². The second-order valence-corrected chi connectivity index (χ2v) is 9.48. The minimum Gasteiger partial charge on any atom is -0.493 e. The Labute approximate surface area is 208 Å². The molecule has 2 aromatic rings. The van der Waals surface area contributed by atoms with Crippen LogP contribution in [0.25, 0.3) is 0 Å². The molecular weight excluding hydrogens is 466 g/mol. The Morgan fingerprint density at radius 3 is 2.19 bits per heavy atom. The average Bonchev–Trinajstić information content (AvgIpc) is 3.46. The van der Waals surface area contributed by atoms with E-state index in [9.17, 15) is 9.59 Å². The van der Waals surface area contributed by atoms with Gasteiger partial charge in [0.15, 0.2) is 23.0 Å². The molecule has 4 aliphatic rings. The zero-order chi connectivity index (χ0) is 25.4. The van der Waals surface area contributed by atoms with E-state index in [1.54, 1.807) is 33.2 Å². The topological polar surface area (TPSA) is 92.8 Å². The van der Waals surface area contributed by atoms with E-state index in [0.717, 1.165) is 16.7 Å². The number of hydrogen-bond acceptors (Lipinski definition) is 8. The van der Waals surface area contributed by atoms with Crippen LogP contribution in [0, 0.1) is 11.3 Å². The third-order valence-electron chi connectivity index (χ3n) is 7.89. The summed E-state index contributed by atoms with van der Waals surface area (Å²) in [4.78, 5) is 28.3. The predicted octanol–water partition coefficient (Wildman–Crippen LogP) is 3.55. The highest BCUT2D eigenvalue weighted by atomic mass is 16.7. The molecule has 0 unspecified atom stereocenters. The van der Waals surface area contributed by atoms with Crippen molar-refractivity contribution in [1.82, 2.24) is 4.90 Å². The normalized spacial score (nSPS) is 27.0. The molecule has 0 spiro atoms. The average molecular weight is 494 g/mol. The lowest BCUT2D eigenvalue weighted by Gasteiger charge is -2.53. The first-order valence-electron chi connectivity index (χ1n) is 11.8. The maximum atomic E-state index is 13.7. The molecule has 1 amide bonds. The number of hydrogen-bond donors (Lipinski definition) is 0. The zero-order valence-corrected chi connectivity index (χ0v) is 20.7. The van der Waals surface area contributed by atoms with E-state index < -0.39 is 11.3 Å². The first-order chi connectivity index (χ1) is 17.3. The second kappa shape index (κ2) is 7.81. The van der Waals surface area contributed by atoms with E-state index in [1.807, 2.05) is 37.3 Å². The minimum absolute atomic E-state index is 0.100. The maximum Gasteiger partial charge on any atom is 0.317 e. The summed E-state index contributed by atoms with van der Waals surface area (Å²) in [5.41, 5.74) is 2.24. The Balaban J connectivity index is 1.70. The van der Waals surface area contributed by atoms with Crippen LogP contribution in [-0.4, -0.2) is 51.5 Å². The maximum absolute atomic E-state index is 13.7. The van der Waals surface area contributed by atoms with Crippen LogP contribution in [-0.2, 0) is 14.3 Å². The van der Waals surface area contributed by atoms with Gasteiger partial charge in [-0.1, -0.05) is 0 Å². The van der Waals surface area contributed by atoms with E-state index in [1.165, 1.54) is 0 Å². The molecule has 4 atom stereocenters. The lowest BCUT2D eigenvalue weighted by molar-refractivity contribution is -0.146. The lowest BCUT2D eigenvalue weighted by atomic mass is 9.54. The quantitative estimate of drug-likeness (QED) is 0.597. The zero-order valence-electron chi connectivity index (χ0n) is 20.7. The van der Waals surface area contributed by atoms with Crippen LogP contribution < -0.4 is 23.7 Å². The molecule has 2 bridgehead atoms. The van der Waals surface area contributed by atoms with E-state index in [0.29, 0.717) is 34.4 Å². The summed E-state index contributed by atoms with van der Waals surface area (Å²) >= 11 is 0. The number of carbonyl (C=O) groups is 2. The third-order valence-corrected chi connectivity index (χ3v) is 7.89. The fourth-order valence-electron chi connectivity index (χ4n) is 6.59. The number of ether oxygens (including phenoxy) is 6. The highest BCUT2D eigenvalue weighted by Crippen LogP contribution is 2.66. The fraction of sp³-hybridized carbons (Fsp3) is 0.407. The summed E-state index contributed by atoms with van der Waals surface area (Å²) in [6.45, 7) is 3.72.